The second kappa shape index (κ2) is 8.48. The maximum absolute atomic E-state index is 9.56. The quantitative estimate of drug-likeness (QED) is 0.755. The van der Waals surface area contributed by atoms with Crippen molar-refractivity contribution in [3.8, 4) is 11.8 Å². The van der Waals surface area contributed by atoms with E-state index in [1.807, 2.05) is 18.0 Å². The predicted molar refractivity (Wildman–Crippen MR) is 72.0 cm³/mol. The van der Waals surface area contributed by atoms with Crippen molar-refractivity contribution in [2.45, 2.75) is 6.10 Å². The van der Waals surface area contributed by atoms with Crippen LogP contribution in [-0.4, -0.2) is 56.6 Å². The third kappa shape index (κ3) is 6.20. The van der Waals surface area contributed by atoms with Crippen molar-refractivity contribution >= 4 is 0 Å². The summed E-state index contributed by atoms with van der Waals surface area (Å²) in [6.07, 6.45) is -0.489. The first-order valence-corrected chi connectivity index (χ1v) is 6.14. The van der Waals surface area contributed by atoms with E-state index in [9.17, 15) is 5.11 Å². The van der Waals surface area contributed by atoms with Gasteiger partial charge >= 0.3 is 0 Å². The van der Waals surface area contributed by atoms with Crippen LogP contribution in [0, 0.1) is 11.3 Å². The van der Waals surface area contributed by atoms with Gasteiger partial charge in [0.05, 0.1) is 24.3 Å². The average Bonchev–Trinajstić information content (AvgIpc) is 2.39. The molecule has 1 unspecified atom stereocenters. The minimum Gasteiger partial charge on any atom is -0.492 e. The zero-order valence-electron chi connectivity index (χ0n) is 11.4. The van der Waals surface area contributed by atoms with Crippen molar-refractivity contribution in [2.24, 2.45) is 0 Å². The van der Waals surface area contributed by atoms with E-state index in [0.29, 0.717) is 37.6 Å². The van der Waals surface area contributed by atoms with E-state index in [2.05, 4.69) is 6.07 Å². The molecule has 19 heavy (non-hydrogen) atoms. The van der Waals surface area contributed by atoms with Gasteiger partial charge in [-0.1, -0.05) is 6.07 Å². The lowest BCUT2D eigenvalue weighted by molar-refractivity contribution is 0.0410. The molecule has 0 aromatic heterocycles. The van der Waals surface area contributed by atoms with Crippen LogP contribution < -0.4 is 4.74 Å². The monoisotopic (exact) mass is 264 g/mol. The van der Waals surface area contributed by atoms with Gasteiger partial charge in [-0.3, -0.25) is 0 Å². The van der Waals surface area contributed by atoms with Gasteiger partial charge in [0.15, 0.2) is 0 Å². The lowest BCUT2D eigenvalue weighted by Gasteiger charge is -2.20. The molecule has 0 saturated heterocycles. The number of hydrogen-bond acceptors (Lipinski definition) is 5. The Kier molecular flexibility index (Phi) is 6.90. The molecule has 104 valence electrons. The van der Waals surface area contributed by atoms with E-state index in [0.717, 1.165) is 0 Å². The number of nitrogens with zero attached hydrogens (tertiary/aromatic N) is 2. The number of nitriles is 1. The van der Waals surface area contributed by atoms with Crippen molar-refractivity contribution in [3.05, 3.63) is 29.8 Å². The molecule has 1 N–H and O–H groups in total. The summed E-state index contributed by atoms with van der Waals surface area (Å²) in [5, 5.41) is 18.3. The van der Waals surface area contributed by atoms with Crippen LogP contribution in [0.3, 0.4) is 0 Å². The summed E-state index contributed by atoms with van der Waals surface area (Å²) in [6, 6.07) is 9.13. The number of ether oxygens (including phenoxy) is 2. The molecule has 0 fully saturated rings. The summed E-state index contributed by atoms with van der Waals surface area (Å²) in [6.45, 7) is 2.06. The van der Waals surface area contributed by atoms with Gasteiger partial charge in [-0.05, 0) is 25.2 Å². The minimum absolute atomic E-state index is 0.329. The van der Waals surface area contributed by atoms with Gasteiger partial charge < -0.3 is 19.5 Å². The van der Waals surface area contributed by atoms with E-state index >= 15 is 0 Å². The SMILES string of the molecule is COCC(O)CN(C)CCOc1cccc(C#N)c1. The van der Waals surface area contributed by atoms with Crippen molar-refractivity contribution < 1.29 is 14.6 Å². The second-order valence-corrected chi connectivity index (χ2v) is 4.36. The molecule has 0 amide bonds. The topological polar surface area (TPSA) is 65.7 Å². The molecule has 5 nitrogen and oxygen atoms in total. The Hall–Kier alpha value is -1.61. The molecular weight excluding hydrogens is 244 g/mol. The molecule has 1 rings (SSSR count). The van der Waals surface area contributed by atoms with E-state index in [1.165, 1.54) is 0 Å². The molecule has 0 bridgehead atoms. The standard InChI is InChI=1S/C14H20N2O3/c1-16(10-13(17)11-18-2)6-7-19-14-5-3-4-12(8-14)9-15/h3-5,8,13,17H,6-7,10-11H2,1-2H3. The third-order valence-corrected chi connectivity index (χ3v) is 2.59. The van der Waals surface area contributed by atoms with Crippen LogP contribution >= 0.6 is 0 Å². The molecular formula is C14H20N2O3. The summed E-state index contributed by atoms with van der Waals surface area (Å²) < 4.78 is 10.4. The highest BCUT2D eigenvalue weighted by Crippen LogP contribution is 2.12. The average molecular weight is 264 g/mol. The molecule has 0 aliphatic carbocycles. The normalized spacial score (nSPS) is 12.2. The van der Waals surface area contributed by atoms with Gasteiger partial charge in [0.2, 0.25) is 0 Å². The van der Waals surface area contributed by atoms with Crippen LogP contribution in [0.4, 0.5) is 0 Å². The van der Waals surface area contributed by atoms with E-state index in [-0.39, 0.29) is 0 Å². The fraction of sp³-hybridized carbons (Fsp3) is 0.500. The smallest absolute Gasteiger partial charge is 0.120 e. The molecule has 0 heterocycles. The highest BCUT2D eigenvalue weighted by atomic mass is 16.5. The number of likely N-dealkylation sites (N-methyl/N-ethyl adjacent to an activating group) is 1. The maximum atomic E-state index is 9.56. The fourth-order valence-corrected chi connectivity index (χ4v) is 1.67. The Morgan fingerprint density at radius 2 is 2.26 bits per heavy atom. The summed E-state index contributed by atoms with van der Waals surface area (Å²) in [4.78, 5) is 1.97. The molecule has 0 spiro atoms. The molecule has 0 saturated carbocycles. The van der Waals surface area contributed by atoms with Crippen molar-refractivity contribution in [1.82, 2.24) is 4.90 Å². The molecule has 5 heteroatoms. The highest BCUT2D eigenvalue weighted by Gasteiger charge is 2.07. The van der Waals surface area contributed by atoms with Crippen LogP contribution in [-0.2, 0) is 4.74 Å². The summed E-state index contributed by atoms with van der Waals surface area (Å²) in [5.74, 6) is 0.685. The Labute approximate surface area is 114 Å². The minimum atomic E-state index is -0.489. The number of methoxy groups -OCH3 is 1. The van der Waals surface area contributed by atoms with Gasteiger partial charge in [0.1, 0.15) is 12.4 Å². The Bertz CT molecular complexity index is 417. The van der Waals surface area contributed by atoms with E-state index in [1.54, 1.807) is 25.3 Å². The first kappa shape index (κ1) is 15.4. The summed E-state index contributed by atoms with van der Waals surface area (Å²) >= 11 is 0. The lowest BCUT2D eigenvalue weighted by Crippen LogP contribution is -2.34. The lowest BCUT2D eigenvalue weighted by atomic mass is 10.2. The zero-order valence-corrected chi connectivity index (χ0v) is 11.4. The molecule has 1 aromatic carbocycles. The first-order valence-electron chi connectivity index (χ1n) is 6.14. The van der Waals surface area contributed by atoms with Crippen LogP contribution in [0.25, 0.3) is 0 Å². The van der Waals surface area contributed by atoms with Crippen molar-refractivity contribution in [2.75, 3.05) is 40.5 Å². The summed E-state index contributed by atoms with van der Waals surface area (Å²) in [5.41, 5.74) is 0.585. The number of aliphatic hydroxyl groups is 1. The van der Waals surface area contributed by atoms with Crippen molar-refractivity contribution in [3.63, 3.8) is 0 Å². The van der Waals surface area contributed by atoms with Gasteiger partial charge in [-0.15, -0.1) is 0 Å². The number of benzene rings is 1. The molecule has 1 atom stereocenters. The number of hydrogen-bond donors (Lipinski definition) is 1. The molecule has 0 radical (unpaired) electrons. The Balaban J connectivity index is 2.27. The van der Waals surface area contributed by atoms with Crippen molar-refractivity contribution in [1.29, 1.82) is 5.26 Å². The maximum Gasteiger partial charge on any atom is 0.120 e. The van der Waals surface area contributed by atoms with Gasteiger partial charge in [-0.25, -0.2) is 0 Å². The number of aliphatic hydroxyl groups excluding tert-OH is 1. The van der Waals surface area contributed by atoms with Crippen LogP contribution in [0.15, 0.2) is 24.3 Å². The van der Waals surface area contributed by atoms with Gasteiger partial charge in [0, 0.05) is 20.2 Å². The van der Waals surface area contributed by atoms with Gasteiger partial charge in [0.25, 0.3) is 0 Å². The summed E-state index contributed by atoms with van der Waals surface area (Å²) in [7, 11) is 3.47. The first-order chi connectivity index (χ1) is 9.15. The molecule has 1 aromatic rings. The zero-order chi connectivity index (χ0) is 14.1. The third-order valence-electron chi connectivity index (χ3n) is 2.59. The van der Waals surface area contributed by atoms with Crippen LogP contribution in [0.1, 0.15) is 5.56 Å². The fourth-order valence-electron chi connectivity index (χ4n) is 1.67. The van der Waals surface area contributed by atoms with Crippen LogP contribution in [0.2, 0.25) is 0 Å². The highest BCUT2D eigenvalue weighted by molar-refractivity contribution is 5.36. The van der Waals surface area contributed by atoms with E-state index in [4.69, 9.17) is 14.7 Å². The Morgan fingerprint density at radius 1 is 1.47 bits per heavy atom. The second-order valence-electron chi connectivity index (χ2n) is 4.36. The number of rotatable bonds is 8. The largest absolute Gasteiger partial charge is 0.492 e. The molecule has 0 aliphatic heterocycles. The Morgan fingerprint density at radius 3 is 2.95 bits per heavy atom. The van der Waals surface area contributed by atoms with E-state index < -0.39 is 6.10 Å². The predicted octanol–water partition coefficient (Wildman–Crippen LogP) is 0.876. The van der Waals surface area contributed by atoms with Crippen LogP contribution in [0.5, 0.6) is 5.75 Å². The molecule has 0 aliphatic rings. The van der Waals surface area contributed by atoms with Gasteiger partial charge in [-0.2, -0.15) is 5.26 Å².